The molecule has 8 nitrogen and oxygen atoms in total. The maximum Gasteiger partial charge on any atom is 0.164 e. The molecule has 0 amide bonds. The van der Waals surface area contributed by atoms with Crippen LogP contribution in [0.4, 0.5) is 0 Å². The molecular weight excluding hydrogens is 1390 g/mol. The standard InChI is InChI=1S/C56H36N4.C50H31N3O/c1-5-18-38(19-6-1)53-57-54(39-20-7-2-8-21-39)59-55(58-53)40-29-32-45-46-33-31-42(36-51(46)60(50(45)35-40)43-24-11-4-12-25-43)56(41-22-9-3-10-23-41)48-28-16-15-27-47(48)52-44-26-14-13-17-37(44)30-34-49(52)56;1-4-14-32(15-5-1)47-51-48(33-16-6-2-7-17-33)53-49(52-47)36-24-26-40-42-31-38(25-27-45(42)54-46(40)30-36)50(37-20-8-3-9-21-37)43-23-13-12-22-39(43)41-28-34-18-10-11-19-35(34)29-44(41)50/h1-36H;1-31H. The van der Waals surface area contributed by atoms with Crippen molar-refractivity contribution >= 4 is 65.3 Å². The monoisotopic (exact) mass is 1450 g/mol. The number of hydrogen-bond acceptors (Lipinski definition) is 7. The topological polar surface area (TPSA) is 95.4 Å². The molecular formula is C106H67N7O. The average molecular weight is 1450 g/mol. The Morgan fingerprint density at radius 3 is 1.19 bits per heavy atom. The fourth-order valence-corrected chi connectivity index (χ4v) is 18.2. The van der Waals surface area contributed by atoms with Gasteiger partial charge >= 0.3 is 0 Å². The number of hydrogen-bond donors (Lipinski definition) is 0. The normalized spacial score (nSPS) is 14.6. The highest BCUT2D eigenvalue weighted by Crippen LogP contribution is 2.60. The van der Waals surface area contributed by atoms with Crippen LogP contribution in [-0.2, 0) is 10.8 Å². The Morgan fingerprint density at radius 2 is 0.623 bits per heavy atom. The van der Waals surface area contributed by atoms with Crippen molar-refractivity contribution in [1.82, 2.24) is 34.5 Å². The first kappa shape index (κ1) is 65.9. The van der Waals surface area contributed by atoms with Crippen LogP contribution in [0.3, 0.4) is 0 Å². The molecule has 2 aliphatic carbocycles. The largest absolute Gasteiger partial charge is 0.456 e. The number of nitrogens with zero attached hydrogens (tertiary/aromatic N) is 7. The first-order chi connectivity index (χ1) is 56.5. The number of rotatable bonds is 11. The minimum Gasteiger partial charge on any atom is -0.456 e. The smallest absolute Gasteiger partial charge is 0.164 e. The Balaban J connectivity index is 0.000000140. The second kappa shape index (κ2) is 26.9. The lowest BCUT2D eigenvalue weighted by Gasteiger charge is -2.34. The third-order valence-corrected chi connectivity index (χ3v) is 23.3. The molecule has 0 fully saturated rings. The highest BCUT2D eigenvalue weighted by atomic mass is 16.3. The van der Waals surface area contributed by atoms with Gasteiger partial charge in [-0.2, -0.15) is 0 Å². The van der Waals surface area contributed by atoms with Gasteiger partial charge in [0, 0.05) is 60.6 Å². The van der Waals surface area contributed by atoms with E-state index < -0.39 is 10.8 Å². The average Bonchev–Trinajstić information content (AvgIpc) is 1.53. The summed E-state index contributed by atoms with van der Waals surface area (Å²) in [5.74, 6) is 3.77. The van der Waals surface area contributed by atoms with Crippen LogP contribution in [0.2, 0.25) is 0 Å². The fourth-order valence-electron chi connectivity index (χ4n) is 18.2. The molecule has 0 aliphatic heterocycles. The number of fused-ring (bicyclic) bond motifs is 15. The van der Waals surface area contributed by atoms with Crippen LogP contribution >= 0.6 is 0 Å². The van der Waals surface area contributed by atoms with Gasteiger partial charge in [0.1, 0.15) is 11.2 Å². The maximum absolute atomic E-state index is 6.63. The van der Waals surface area contributed by atoms with Crippen molar-refractivity contribution in [3.05, 3.63) is 451 Å². The molecule has 0 radical (unpaired) electrons. The van der Waals surface area contributed by atoms with E-state index in [-0.39, 0.29) is 0 Å². The van der Waals surface area contributed by atoms with Crippen molar-refractivity contribution in [1.29, 1.82) is 0 Å². The molecule has 0 saturated carbocycles. The van der Waals surface area contributed by atoms with Crippen LogP contribution < -0.4 is 0 Å². The summed E-state index contributed by atoms with van der Waals surface area (Å²) >= 11 is 0. The lowest BCUT2D eigenvalue weighted by molar-refractivity contribution is 0.668. The second-order valence-electron chi connectivity index (χ2n) is 29.5. The zero-order chi connectivity index (χ0) is 75.3. The van der Waals surface area contributed by atoms with E-state index in [2.05, 4.69) is 290 Å². The van der Waals surface area contributed by atoms with E-state index in [0.29, 0.717) is 34.9 Å². The molecule has 114 heavy (non-hydrogen) atoms. The number of para-hydroxylation sites is 1. The number of benzene rings is 17. The van der Waals surface area contributed by atoms with E-state index in [4.69, 9.17) is 34.3 Å². The van der Waals surface area contributed by atoms with Gasteiger partial charge in [0.2, 0.25) is 0 Å². The molecule has 2 unspecified atom stereocenters. The molecule has 23 rings (SSSR count). The van der Waals surface area contributed by atoms with Crippen molar-refractivity contribution in [2.45, 2.75) is 10.8 Å². The first-order valence-corrected chi connectivity index (χ1v) is 38.7. The molecule has 0 bridgehead atoms. The van der Waals surface area contributed by atoms with E-state index in [1.165, 1.54) is 93.7 Å². The van der Waals surface area contributed by atoms with Gasteiger partial charge in [-0.15, -0.1) is 0 Å². The van der Waals surface area contributed by atoms with Crippen LogP contribution in [0.25, 0.3) is 162 Å². The van der Waals surface area contributed by atoms with Crippen molar-refractivity contribution in [3.63, 3.8) is 0 Å². The van der Waals surface area contributed by atoms with Crippen LogP contribution in [0.5, 0.6) is 0 Å². The summed E-state index contributed by atoms with van der Waals surface area (Å²) in [5.41, 5.74) is 24.6. The van der Waals surface area contributed by atoms with Crippen LogP contribution in [0.1, 0.15) is 44.5 Å². The predicted molar refractivity (Wildman–Crippen MR) is 464 cm³/mol. The zero-order valence-electron chi connectivity index (χ0n) is 61.7. The van der Waals surface area contributed by atoms with E-state index in [1.54, 1.807) is 0 Å². The van der Waals surface area contributed by atoms with Gasteiger partial charge in [0.25, 0.3) is 0 Å². The summed E-state index contributed by atoms with van der Waals surface area (Å²) in [6.45, 7) is 0. The summed E-state index contributed by atoms with van der Waals surface area (Å²) in [6.07, 6.45) is 0. The predicted octanol–water partition coefficient (Wildman–Crippen LogP) is 25.8. The van der Waals surface area contributed by atoms with Crippen molar-refractivity contribution in [2.75, 3.05) is 0 Å². The quantitative estimate of drug-likeness (QED) is 0.127. The van der Waals surface area contributed by atoms with E-state index >= 15 is 0 Å². The molecule has 0 saturated heterocycles. The third-order valence-electron chi connectivity index (χ3n) is 23.3. The molecule has 21 aromatic rings. The Morgan fingerprint density at radius 1 is 0.211 bits per heavy atom. The van der Waals surface area contributed by atoms with Crippen LogP contribution in [0, 0.1) is 0 Å². The molecule has 4 heterocycles. The zero-order valence-corrected chi connectivity index (χ0v) is 61.7. The number of furan rings is 1. The van der Waals surface area contributed by atoms with E-state index in [9.17, 15) is 0 Å². The lowest BCUT2D eigenvalue weighted by Crippen LogP contribution is -2.28. The minimum atomic E-state index is -0.554. The van der Waals surface area contributed by atoms with Crippen molar-refractivity contribution < 1.29 is 4.42 Å². The SMILES string of the molecule is c1ccc(-c2nc(-c3ccccc3)nc(-c3ccc4c(c3)oc3ccc(C5(c6ccccc6)c6ccccc6-c6cc7ccccc7cc65)cc34)n2)cc1.c1ccc(-c2nc(-c3ccccc3)nc(-c3ccc4c5ccc(C6(c7ccccc7)c7ccccc7-c7c6ccc6ccccc76)cc5n(-c5ccccc5)c4c3)n2)cc1. The van der Waals surface area contributed by atoms with Crippen LogP contribution in [0.15, 0.2) is 411 Å². The maximum atomic E-state index is 6.63. The second-order valence-corrected chi connectivity index (χ2v) is 29.5. The molecule has 0 N–H and O–H groups in total. The van der Waals surface area contributed by atoms with Gasteiger partial charge in [-0.3, -0.25) is 0 Å². The van der Waals surface area contributed by atoms with E-state index in [1.807, 2.05) is 121 Å². The molecule has 0 spiro atoms. The molecule has 4 aromatic heterocycles. The summed E-state index contributed by atoms with van der Waals surface area (Å²) in [5, 5.41) is 9.46. The Labute approximate surface area is 658 Å². The van der Waals surface area contributed by atoms with Gasteiger partial charge in [0.05, 0.1) is 21.9 Å². The van der Waals surface area contributed by atoms with Crippen molar-refractivity contribution in [3.8, 4) is 96.3 Å². The summed E-state index contributed by atoms with van der Waals surface area (Å²) in [6, 6.07) is 145. The third kappa shape index (κ3) is 10.6. The molecule has 8 heteroatoms. The van der Waals surface area contributed by atoms with Crippen molar-refractivity contribution in [2.24, 2.45) is 0 Å². The Kier molecular flexibility index (Phi) is 15.5. The molecule has 2 atom stereocenters. The van der Waals surface area contributed by atoms with Gasteiger partial charge in [-0.25, -0.2) is 29.9 Å². The number of aromatic nitrogens is 7. The first-order valence-electron chi connectivity index (χ1n) is 38.7. The molecule has 17 aromatic carbocycles. The molecule has 2 aliphatic rings. The minimum absolute atomic E-state index is 0.526. The Bertz CT molecular complexity index is 7220. The van der Waals surface area contributed by atoms with Gasteiger partial charge in [-0.1, -0.05) is 346 Å². The highest BCUT2D eigenvalue weighted by molar-refractivity contribution is 6.12. The highest BCUT2D eigenvalue weighted by Gasteiger charge is 2.48. The van der Waals surface area contributed by atoms with Crippen LogP contribution in [-0.4, -0.2) is 34.5 Å². The van der Waals surface area contributed by atoms with Gasteiger partial charge in [-0.05, 0) is 149 Å². The summed E-state index contributed by atoms with van der Waals surface area (Å²) < 4.78 is 9.04. The summed E-state index contributed by atoms with van der Waals surface area (Å²) in [4.78, 5) is 30.0. The van der Waals surface area contributed by atoms with Gasteiger partial charge in [0.15, 0.2) is 34.9 Å². The van der Waals surface area contributed by atoms with Gasteiger partial charge < -0.3 is 8.98 Å². The Hall–Kier alpha value is -15.1. The molecule has 532 valence electrons. The fraction of sp³-hybridized carbons (Fsp3) is 0.0189. The van der Waals surface area contributed by atoms with E-state index in [0.717, 1.165) is 77.4 Å². The summed E-state index contributed by atoms with van der Waals surface area (Å²) in [7, 11) is 0. The lowest BCUT2D eigenvalue weighted by atomic mass is 9.67.